The monoisotopic (exact) mass is 391 g/mol. The van der Waals surface area contributed by atoms with Gasteiger partial charge in [0.2, 0.25) is 0 Å². The van der Waals surface area contributed by atoms with E-state index in [9.17, 15) is 15.2 Å². The molecule has 0 saturated carbocycles. The summed E-state index contributed by atoms with van der Waals surface area (Å²) in [6.07, 6.45) is 0. The van der Waals surface area contributed by atoms with Crippen molar-refractivity contribution in [3.05, 3.63) is 60.5 Å². The molecule has 0 fully saturated rings. The molecule has 2 aromatic rings. The van der Waals surface area contributed by atoms with E-state index in [-0.39, 0.29) is 28.1 Å². The van der Waals surface area contributed by atoms with Gasteiger partial charge in [0.1, 0.15) is 5.75 Å². The maximum Gasteiger partial charge on any atom is 0.272 e. The number of aliphatic hydroxyl groups is 1. The minimum Gasteiger partial charge on any atom is -0.454 e. The molecule has 0 heterocycles. The molecule has 0 radical (unpaired) electrons. The van der Waals surface area contributed by atoms with Crippen molar-refractivity contribution in [3.63, 3.8) is 0 Å². The minimum atomic E-state index is -0.597. The first kappa shape index (κ1) is 16.0. The summed E-state index contributed by atoms with van der Waals surface area (Å²) in [5.74, 6) is 0.458. The van der Waals surface area contributed by atoms with Gasteiger partial charge < -0.3 is 9.84 Å². The van der Waals surface area contributed by atoms with Crippen molar-refractivity contribution in [3.8, 4) is 11.5 Å². The van der Waals surface area contributed by atoms with Crippen LogP contribution in [0.1, 0.15) is 5.56 Å². The summed E-state index contributed by atoms with van der Waals surface area (Å²) in [6.45, 7) is -0.239. The van der Waals surface area contributed by atoms with Gasteiger partial charge in [-0.05, 0) is 18.2 Å². The highest BCUT2D eigenvalue weighted by Crippen LogP contribution is 2.40. The van der Waals surface area contributed by atoms with Crippen molar-refractivity contribution in [1.82, 2.24) is 0 Å². The Balaban J connectivity index is 2.43. The summed E-state index contributed by atoms with van der Waals surface area (Å²) in [6, 6.07) is 7.34. The Bertz CT molecular complexity index is 686. The molecule has 0 aromatic heterocycles. The summed E-state index contributed by atoms with van der Waals surface area (Å²) < 4.78 is 6.36. The molecule has 0 bridgehead atoms. The number of aliphatic hydroxyl groups excluding tert-OH is 1. The molecule has 0 atom stereocenters. The predicted octanol–water partition coefficient (Wildman–Crippen LogP) is 4.95. The highest BCUT2D eigenvalue weighted by molar-refractivity contribution is 9.10. The summed E-state index contributed by atoms with van der Waals surface area (Å²) in [5, 5.41) is 20.1. The number of hydrogen-bond donors (Lipinski definition) is 1. The largest absolute Gasteiger partial charge is 0.454 e. The number of hydrogen-bond acceptors (Lipinski definition) is 4. The summed E-state index contributed by atoms with van der Waals surface area (Å²) in [4.78, 5) is 10.1. The second-order valence-electron chi connectivity index (χ2n) is 4.01. The first-order valence-corrected chi connectivity index (χ1v) is 7.18. The van der Waals surface area contributed by atoms with Gasteiger partial charge in [0.15, 0.2) is 5.75 Å². The zero-order valence-electron chi connectivity index (χ0n) is 10.3. The van der Waals surface area contributed by atoms with E-state index in [1.165, 1.54) is 0 Å². The molecule has 8 heteroatoms. The first-order chi connectivity index (χ1) is 9.92. The first-order valence-electron chi connectivity index (χ1n) is 5.63. The smallest absolute Gasteiger partial charge is 0.272 e. The quantitative estimate of drug-likeness (QED) is 0.590. The van der Waals surface area contributed by atoms with E-state index in [0.717, 1.165) is 16.6 Å². The van der Waals surface area contributed by atoms with E-state index in [0.29, 0.717) is 11.3 Å². The third-order valence-corrected chi connectivity index (χ3v) is 3.65. The molecule has 0 unspecified atom stereocenters. The highest BCUT2D eigenvalue weighted by atomic mass is 79.9. The molecule has 0 amide bonds. The van der Waals surface area contributed by atoms with Crippen LogP contribution in [0.25, 0.3) is 0 Å². The predicted molar refractivity (Wildman–Crippen MR) is 83.3 cm³/mol. The van der Waals surface area contributed by atoms with Gasteiger partial charge in [0.25, 0.3) is 5.69 Å². The Morgan fingerprint density at radius 3 is 2.38 bits per heavy atom. The van der Waals surface area contributed by atoms with Crippen molar-refractivity contribution in [2.24, 2.45) is 0 Å². The summed E-state index contributed by atoms with van der Waals surface area (Å²) in [5.41, 5.74) is 0.297. The number of halogens is 3. The van der Waals surface area contributed by atoms with Crippen molar-refractivity contribution in [2.45, 2.75) is 6.61 Å². The Morgan fingerprint density at radius 2 is 1.86 bits per heavy atom. The molecule has 5 nitrogen and oxygen atoms in total. The molecule has 0 saturated heterocycles. The Hall–Kier alpha value is -1.34. The average molecular weight is 393 g/mol. The van der Waals surface area contributed by atoms with Gasteiger partial charge in [-0.15, -0.1) is 0 Å². The third kappa shape index (κ3) is 3.65. The lowest BCUT2D eigenvalue weighted by Gasteiger charge is -2.12. The van der Waals surface area contributed by atoms with Gasteiger partial charge in [-0.25, -0.2) is 0 Å². The topological polar surface area (TPSA) is 72.6 Å². The van der Waals surface area contributed by atoms with Crippen LogP contribution in [0.5, 0.6) is 11.5 Å². The zero-order valence-corrected chi connectivity index (χ0v) is 13.4. The van der Waals surface area contributed by atoms with Crippen LogP contribution in [0.4, 0.5) is 5.69 Å². The Morgan fingerprint density at radius 1 is 1.24 bits per heavy atom. The van der Waals surface area contributed by atoms with Crippen LogP contribution < -0.4 is 4.74 Å². The molecule has 2 rings (SSSR count). The zero-order chi connectivity index (χ0) is 15.6. The van der Waals surface area contributed by atoms with Crippen LogP contribution in [0.3, 0.4) is 0 Å². The second-order valence-corrected chi connectivity index (χ2v) is 5.74. The molecule has 0 aliphatic carbocycles. The lowest BCUT2D eigenvalue weighted by Crippen LogP contribution is -1.95. The molecule has 21 heavy (non-hydrogen) atoms. The fourth-order valence-electron chi connectivity index (χ4n) is 1.63. The van der Waals surface area contributed by atoms with Crippen LogP contribution in [-0.4, -0.2) is 10.0 Å². The number of nitro benzene ring substituents is 1. The van der Waals surface area contributed by atoms with Crippen LogP contribution in [-0.2, 0) is 6.61 Å². The van der Waals surface area contributed by atoms with Crippen LogP contribution >= 0.6 is 39.1 Å². The van der Waals surface area contributed by atoms with Gasteiger partial charge in [-0.1, -0.05) is 39.1 Å². The number of ether oxygens (including phenoxy) is 1. The molecular weight excluding hydrogens is 385 g/mol. The molecule has 110 valence electrons. The molecular formula is C13H8BrCl2NO4. The van der Waals surface area contributed by atoms with Crippen LogP contribution in [0.15, 0.2) is 34.8 Å². The van der Waals surface area contributed by atoms with Crippen molar-refractivity contribution in [1.29, 1.82) is 0 Å². The lowest BCUT2D eigenvalue weighted by atomic mass is 10.2. The van der Waals surface area contributed by atoms with Gasteiger partial charge in [0, 0.05) is 22.2 Å². The average Bonchev–Trinajstić information content (AvgIpc) is 2.43. The normalized spacial score (nSPS) is 10.5. The van der Waals surface area contributed by atoms with Gasteiger partial charge in [-0.2, -0.15) is 0 Å². The van der Waals surface area contributed by atoms with E-state index in [1.807, 2.05) is 0 Å². The molecule has 0 spiro atoms. The Labute approximate surface area is 138 Å². The lowest BCUT2D eigenvalue weighted by molar-refractivity contribution is -0.384. The van der Waals surface area contributed by atoms with Crippen molar-refractivity contribution in [2.75, 3.05) is 0 Å². The number of rotatable bonds is 4. The van der Waals surface area contributed by atoms with E-state index in [1.54, 1.807) is 18.2 Å². The number of non-ortho nitro benzene ring substituents is 1. The second kappa shape index (κ2) is 6.62. The highest BCUT2D eigenvalue weighted by Gasteiger charge is 2.17. The van der Waals surface area contributed by atoms with Crippen molar-refractivity contribution >= 4 is 44.8 Å². The van der Waals surface area contributed by atoms with E-state index < -0.39 is 4.92 Å². The molecule has 0 aliphatic heterocycles. The van der Waals surface area contributed by atoms with Gasteiger partial charge in [0.05, 0.1) is 21.6 Å². The maximum atomic E-state index is 10.7. The maximum absolute atomic E-state index is 10.7. The molecule has 0 aliphatic rings. The Kier molecular flexibility index (Phi) is 5.05. The SMILES string of the molecule is O=[N+]([O-])c1cc(Cl)c(Oc2ccc(Br)cc2CO)c(Cl)c1. The molecule has 1 N–H and O–H groups in total. The van der Waals surface area contributed by atoms with Crippen LogP contribution in [0, 0.1) is 10.1 Å². The van der Waals surface area contributed by atoms with Gasteiger partial charge >= 0.3 is 0 Å². The number of benzene rings is 2. The fraction of sp³-hybridized carbons (Fsp3) is 0.0769. The van der Waals surface area contributed by atoms with E-state index >= 15 is 0 Å². The number of nitro groups is 1. The fourth-order valence-corrected chi connectivity index (χ4v) is 2.59. The molecule has 2 aromatic carbocycles. The third-order valence-electron chi connectivity index (χ3n) is 2.60. The van der Waals surface area contributed by atoms with E-state index in [2.05, 4.69) is 15.9 Å². The summed E-state index contributed by atoms with van der Waals surface area (Å²) >= 11 is 15.2. The van der Waals surface area contributed by atoms with Gasteiger partial charge in [-0.3, -0.25) is 10.1 Å². The minimum absolute atomic E-state index is 0.0148. The van der Waals surface area contributed by atoms with Crippen molar-refractivity contribution < 1.29 is 14.8 Å². The summed E-state index contributed by atoms with van der Waals surface area (Å²) in [7, 11) is 0. The van der Waals surface area contributed by atoms with Crippen LogP contribution in [0.2, 0.25) is 10.0 Å². The number of nitrogens with zero attached hydrogens (tertiary/aromatic N) is 1. The van der Waals surface area contributed by atoms with E-state index in [4.69, 9.17) is 27.9 Å². The standard InChI is InChI=1S/C13H8BrCl2NO4/c14-8-1-2-12(7(3-8)6-18)21-13-10(15)4-9(17(19)20)5-11(13)16/h1-5,18H,6H2.